The van der Waals surface area contributed by atoms with Crippen molar-refractivity contribution in [2.24, 2.45) is 0 Å². The highest BCUT2D eigenvalue weighted by Gasteiger charge is 2.23. The second kappa shape index (κ2) is 18.0. The van der Waals surface area contributed by atoms with Gasteiger partial charge in [-0.3, -0.25) is 0 Å². The van der Waals surface area contributed by atoms with Crippen molar-refractivity contribution in [3.8, 4) is 16.8 Å². The van der Waals surface area contributed by atoms with Crippen LogP contribution < -0.4 is 0 Å². The molecule has 3 aromatic heterocycles. The van der Waals surface area contributed by atoms with Crippen LogP contribution in [0.5, 0.6) is 0 Å². The molecular formula is C49H30B5Br2INO2. The maximum absolute atomic E-state index is 8.64. The third-order valence-electron chi connectivity index (χ3n) is 9.87. The summed E-state index contributed by atoms with van der Waals surface area (Å²) in [4.78, 5) is 0. The molecule has 9 radical (unpaired) electrons. The van der Waals surface area contributed by atoms with Gasteiger partial charge in [-0.2, -0.15) is 0 Å². The Morgan fingerprint density at radius 1 is 0.550 bits per heavy atom. The van der Waals surface area contributed by atoms with Crippen LogP contribution in [-0.4, -0.2) is 42.6 Å². The maximum atomic E-state index is 8.64. The number of furan rings is 2. The van der Waals surface area contributed by atoms with Crippen LogP contribution in [0.25, 0.3) is 82.5 Å². The molecule has 1 aliphatic carbocycles. The minimum Gasteiger partial charge on any atom is -0.456 e. The summed E-state index contributed by atoms with van der Waals surface area (Å²) >= 11 is 8.00. The van der Waals surface area contributed by atoms with E-state index in [1.807, 2.05) is 77.4 Å². The van der Waals surface area contributed by atoms with Gasteiger partial charge in [0, 0.05) is 101 Å². The van der Waals surface area contributed by atoms with Crippen LogP contribution in [0.2, 0.25) is 0 Å². The quantitative estimate of drug-likeness (QED) is 0.121. The number of halogens is 3. The van der Waals surface area contributed by atoms with Crippen LogP contribution in [0, 0.1) is 3.57 Å². The largest absolute Gasteiger partial charge is 0.456 e. The molecule has 0 fully saturated rings. The fraction of sp³-hybridized carbons (Fsp3) is 0.0204. The van der Waals surface area contributed by atoms with E-state index in [9.17, 15) is 0 Å². The molecule has 12 rings (SSSR count). The van der Waals surface area contributed by atoms with Gasteiger partial charge in [-0.25, -0.2) is 0 Å². The number of aromatic nitrogens is 1. The van der Waals surface area contributed by atoms with E-state index in [1.54, 1.807) is 22.6 Å². The van der Waals surface area contributed by atoms with Crippen molar-refractivity contribution in [1.82, 2.24) is 4.57 Å². The molecule has 1 aliphatic rings. The van der Waals surface area contributed by atoms with Gasteiger partial charge in [-0.05, 0) is 118 Å². The van der Waals surface area contributed by atoms with E-state index in [2.05, 4.69) is 104 Å². The molecule has 0 spiro atoms. The molecule has 0 saturated carbocycles. The van der Waals surface area contributed by atoms with Gasteiger partial charge in [0.05, 0.1) is 22.0 Å². The monoisotopic (exact) mass is 1010 g/mol. The number of rotatable bonds is 1. The molecule has 0 saturated heterocycles. The Hall–Kier alpha value is -4.83. The van der Waals surface area contributed by atoms with Crippen LogP contribution in [0.3, 0.4) is 0 Å². The van der Waals surface area contributed by atoms with Gasteiger partial charge in [-0.15, -0.1) is 0 Å². The molecule has 11 heteroatoms. The smallest absolute Gasteiger partial charge is 0.160 e. The molecular weight excluding hydrogens is 975 g/mol. The molecule has 60 heavy (non-hydrogen) atoms. The highest BCUT2D eigenvalue weighted by molar-refractivity contribution is 14.1. The van der Waals surface area contributed by atoms with E-state index in [0.29, 0.717) is 9.15 Å². The topological polar surface area (TPSA) is 31.2 Å². The van der Waals surface area contributed by atoms with Gasteiger partial charge in [0.2, 0.25) is 0 Å². The average molecular weight is 1010 g/mol. The Morgan fingerprint density at radius 3 is 1.72 bits per heavy atom. The molecule has 279 valence electrons. The van der Waals surface area contributed by atoms with E-state index < -0.39 is 6.39 Å². The van der Waals surface area contributed by atoms with E-state index in [4.69, 9.17) is 19.8 Å². The first-order chi connectivity index (χ1) is 32.1. The first-order valence-electron chi connectivity index (χ1n) is 22.4. The first kappa shape index (κ1) is 32.9. The van der Waals surface area contributed by atoms with Crippen LogP contribution >= 0.6 is 54.5 Å². The second-order valence-electron chi connectivity index (χ2n) is 13.6. The summed E-state index contributed by atoms with van der Waals surface area (Å²) in [5.74, 6) is 0. The van der Waals surface area contributed by atoms with Crippen molar-refractivity contribution in [2.75, 3.05) is 0 Å². The minimum absolute atomic E-state index is 0. The Kier molecular flexibility index (Phi) is 9.88. The van der Waals surface area contributed by atoms with Crippen molar-refractivity contribution >= 4 is 158 Å². The lowest BCUT2D eigenvalue weighted by Gasteiger charge is -2.08. The zero-order valence-electron chi connectivity index (χ0n) is 39.5. The van der Waals surface area contributed by atoms with E-state index in [0.717, 1.165) is 55.7 Å². The highest BCUT2D eigenvalue weighted by atomic mass is 127. The van der Waals surface area contributed by atoms with Crippen LogP contribution in [-0.2, 0) is 6.42 Å². The van der Waals surface area contributed by atoms with E-state index in [1.165, 1.54) is 33.0 Å². The molecule has 8 aromatic carbocycles. The van der Waals surface area contributed by atoms with E-state index >= 15 is 0 Å². The third-order valence-corrected chi connectivity index (χ3v) is 11.2. The van der Waals surface area contributed by atoms with Crippen molar-refractivity contribution in [3.63, 3.8) is 0 Å². The van der Waals surface area contributed by atoms with Crippen molar-refractivity contribution in [1.29, 1.82) is 0 Å². The van der Waals surface area contributed by atoms with Gasteiger partial charge < -0.3 is 13.4 Å². The number of fused-ring (bicyclic) bond motifs is 14. The van der Waals surface area contributed by atoms with Crippen molar-refractivity contribution in [2.45, 2.75) is 6.42 Å². The van der Waals surface area contributed by atoms with Gasteiger partial charge >= 0.3 is 0 Å². The summed E-state index contributed by atoms with van der Waals surface area (Å²) in [6.45, 7) is 0. The van der Waals surface area contributed by atoms with Gasteiger partial charge in [-0.1, -0.05) is 123 Å². The molecule has 0 bridgehead atoms. The average Bonchev–Trinajstić information content (AvgIpc) is 4.10. The zero-order valence-corrected chi connectivity index (χ0v) is 36.9. The first-order valence-corrected chi connectivity index (χ1v) is 21.1. The molecule has 11 aromatic rings. The predicted octanol–water partition coefficient (Wildman–Crippen LogP) is 13.8. The summed E-state index contributed by atoms with van der Waals surface area (Å²) in [6.07, 6.45) is 0.308. The summed E-state index contributed by atoms with van der Waals surface area (Å²) in [5.41, 5.74) is 10.6. The van der Waals surface area contributed by atoms with Gasteiger partial charge in [0.1, 0.15) is 16.7 Å². The van der Waals surface area contributed by atoms with Crippen molar-refractivity contribution in [3.05, 3.63) is 193 Å². The maximum Gasteiger partial charge on any atom is 0.160 e. The molecule has 0 N–H and O–H groups in total. The molecule has 3 nitrogen and oxygen atoms in total. The summed E-state index contributed by atoms with van der Waals surface area (Å²) in [5, 5.41) is 6.26. The number of benzene rings is 8. The Bertz CT molecular complexity index is 3650. The Labute approximate surface area is 396 Å². The van der Waals surface area contributed by atoms with Gasteiger partial charge in [0.25, 0.3) is 0 Å². The SMILES string of the molecule is [2H]c1c([2H])c(-n2c3ccccc3c3ccc4c5ccccc5oc4c32)c([2H])c([2H])c1Br.[2H]c1c([2H])c(I)c([2H])c([2H])c1Br.[B].[B]B([B])[B].c1ccc2c(c1)Cc1c-2ccc2c1oc1ccccc12. The summed E-state index contributed by atoms with van der Waals surface area (Å²) in [6, 6.07) is 40.5. The lowest BCUT2D eigenvalue weighted by molar-refractivity contribution is 0.665. The van der Waals surface area contributed by atoms with Gasteiger partial charge in [0.15, 0.2) is 5.58 Å². The van der Waals surface area contributed by atoms with Crippen molar-refractivity contribution < 1.29 is 19.8 Å². The number of para-hydroxylation sites is 3. The highest BCUT2D eigenvalue weighted by Crippen LogP contribution is 2.43. The molecule has 0 amide bonds. The third kappa shape index (κ3) is 8.16. The van der Waals surface area contributed by atoms with E-state index in [-0.39, 0.29) is 71.4 Å². The molecule has 0 unspecified atom stereocenters. The lowest BCUT2D eigenvalue weighted by atomic mass is 9.08. The normalized spacial score (nSPS) is 13.1. The second-order valence-corrected chi connectivity index (χ2v) is 16.2. The fourth-order valence-electron chi connectivity index (χ4n) is 7.55. The number of nitrogens with zero attached hydrogens (tertiary/aromatic N) is 1. The minimum atomic E-state index is -0.667. The molecule has 0 atom stereocenters. The Balaban J connectivity index is 0.000000145. The fourth-order valence-corrected chi connectivity index (χ4v) is 8.21. The zero-order chi connectivity index (χ0) is 47.6. The van der Waals surface area contributed by atoms with Crippen LogP contribution in [0.15, 0.2) is 187 Å². The lowest BCUT2D eigenvalue weighted by Crippen LogP contribution is -2.11. The Morgan fingerprint density at radius 2 is 1.05 bits per heavy atom. The van der Waals surface area contributed by atoms with Crippen LogP contribution in [0.4, 0.5) is 0 Å². The summed E-state index contributed by atoms with van der Waals surface area (Å²) < 4.78 is 78.4. The molecule has 0 aliphatic heterocycles. The standard InChI is InChI=1S/C24H14BrNO.C19H12O.C6H4BrI.B4.B/c25-15-9-11-16(12-10-15)26-21-7-3-1-5-17(21)19-13-14-20-18-6-2-4-8-22(18)27-24(20)23(19)26;1-2-6-13-12(5-1)11-17-14(13)9-10-16-15-7-3-4-8-18(15)20-19(16)17;7-5-1-3-6(8)4-2-5;1-4(2)3;/h1-14H;1-10H,11H2;1-4H;;/i9D,10D,11D,12D;;1D,2D,3D,4D;;. The molecule has 3 heterocycles. The predicted molar refractivity (Wildman–Crippen MR) is 273 cm³/mol. The van der Waals surface area contributed by atoms with Crippen LogP contribution in [0.1, 0.15) is 22.1 Å². The number of hydrogen-bond donors (Lipinski definition) is 0. The number of hydrogen-bond acceptors (Lipinski definition) is 2. The summed E-state index contributed by atoms with van der Waals surface area (Å²) in [7, 11) is 14.0.